The summed E-state index contributed by atoms with van der Waals surface area (Å²) in [6, 6.07) is 10.2. The molecule has 2 amide bonds. The van der Waals surface area contributed by atoms with E-state index in [-0.39, 0.29) is 30.0 Å². The fraction of sp³-hybridized carbons (Fsp3) is 0.318. The predicted molar refractivity (Wildman–Crippen MR) is 104 cm³/mol. The molecule has 1 fully saturated rings. The molecule has 4 atom stereocenters. The summed E-state index contributed by atoms with van der Waals surface area (Å²) in [5.41, 5.74) is -0.521. The highest BCUT2D eigenvalue weighted by Gasteiger charge is 2.51. The summed E-state index contributed by atoms with van der Waals surface area (Å²) in [5, 5.41) is 5.23. The summed E-state index contributed by atoms with van der Waals surface area (Å²) in [7, 11) is 0. The Morgan fingerprint density at radius 2 is 1.63 bits per heavy atom. The zero-order chi connectivity index (χ0) is 21.3. The number of nitrogens with zero attached hydrogens (tertiary/aromatic N) is 1. The SMILES string of the molecule is O=C(NCc1ccccn1)C1C2C=CC(C2)C1C(=O)Nc1ccccc1C(F)(F)F. The van der Waals surface area contributed by atoms with Crippen molar-refractivity contribution in [1.29, 1.82) is 0 Å². The second kappa shape index (κ2) is 7.93. The molecule has 1 aromatic heterocycles. The maximum Gasteiger partial charge on any atom is 0.418 e. The number of alkyl halides is 3. The van der Waals surface area contributed by atoms with Gasteiger partial charge in [0.05, 0.1) is 35.3 Å². The first kappa shape index (κ1) is 20.1. The number of carbonyl (C=O) groups excluding carboxylic acids is 2. The van der Waals surface area contributed by atoms with Crippen LogP contribution >= 0.6 is 0 Å². The van der Waals surface area contributed by atoms with Gasteiger partial charge in [-0.1, -0.05) is 30.4 Å². The van der Waals surface area contributed by atoms with Crippen LogP contribution in [0.3, 0.4) is 0 Å². The number of hydrogen-bond donors (Lipinski definition) is 2. The maximum atomic E-state index is 13.3. The topological polar surface area (TPSA) is 71.1 Å². The molecule has 0 radical (unpaired) electrons. The van der Waals surface area contributed by atoms with E-state index in [2.05, 4.69) is 15.6 Å². The summed E-state index contributed by atoms with van der Waals surface area (Å²) in [6.45, 7) is 0.225. The van der Waals surface area contributed by atoms with Crippen molar-refractivity contribution in [2.24, 2.45) is 23.7 Å². The number of rotatable bonds is 5. The Morgan fingerprint density at radius 3 is 2.30 bits per heavy atom. The number of aromatic nitrogens is 1. The Bertz CT molecular complexity index is 975. The van der Waals surface area contributed by atoms with Crippen LogP contribution in [-0.4, -0.2) is 16.8 Å². The molecule has 8 heteroatoms. The Labute approximate surface area is 171 Å². The van der Waals surface area contributed by atoms with Gasteiger partial charge in [-0.15, -0.1) is 0 Å². The summed E-state index contributed by atoms with van der Waals surface area (Å²) >= 11 is 0. The van der Waals surface area contributed by atoms with Crippen molar-refractivity contribution < 1.29 is 22.8 Å². The molecule has 5 nitrogen and oxygen atoms in total. The third-order valence-corrected chi connectivity index (χ3v) is 5.72. The van der Waals surface area contributed by atoms with Gasteiger partial charge in [0.1, 0.15) is 0 Å². The van der Waals surface area contributed by atoms with Crippen LogP contribution in [0, 0.1) is 23.7 Å². The van der Waals surface area contributed by atoms with Gasteiger partial charge < -0.3 is 10.6 Å². The zero-order valence-electron chi connectivity index (χ0n) is 15.9. The standard InChI is InChI=1S/C22H20F3N3O2/c23-22(24,25)16-6-1-2-7-17(16)28-21(30)19-14-9-8-13(11-14)18(19)20(29)27-12-15-5-3-4-10-26-15/h1-10,13-14,18-19H,11-12H2,(H,27,29)(H,28,30). The van der Waals surface area contributed by atoms with Gasteiger partial charge in [-0.05, 0) is 42.5 Å². The lowest BCUT2D eigenvalue weighted by molar-refractivity contribution is -0.137. The molecule has 2 N–H and O–H groups in total. The second-order valence-corrected chi connectivity index (χ2v) is 7.57. The lowest BCUT2D eigenvalue weighted by atomic mass is 9.81. The number of halogens is 3. The maximum absolute atomic E-state index is 13.3. The fourth-order valence-corrected chi connectivity index (χ4v) is 4.39. The van der Waals surface area contributed by atoms with E-state index in [4.69, 9.17) is 0 Å². The number of carbonyl (C=O) groups is 2. The van der Waals surface area contributed by atoms with Gasteiger partial charge in [0, 0.05) is 6.20 Å². The minimum absolute atomic E-state index is 0.104. The number of anilines is 1. The second-order valence-electron chi connectivity index (χ2n) is 7.57. The number of fused-ring (bicyclic) bond motifs is 2. The van der Waals surface area contributed by atoms with E-state index >= 15 is 0 Å². The molecule has 0 spiro atoms. The molecule has 1 aromatic carbocycles. The molecular formula is C22H20F3N3O2. The van der Waals surface area contributed by atoms with Crippen molar-refractivity contribution >= 4 is 17.5 Å². The monoisotopic (exact) mass is 415 g/mol. The lowest BCUT2D eigenvalue weighted by Gasteiger charge is -2.27. The summed E-state index contributed by atoms with van der Waals surface area (Å²) in [6.07, 6.45) is 1.48. The third-order valence-electron chi connectivity index (χ3n) is 5.72. The van der Waals surface area contributed by atoms with E-state index in [1.807, 2.05) is 18.2 Å². The first-order valence-corrected chi connectivity index (χ1v) is 9.67. The molecule has 156 valence electrons. The lowest BCUT2D eigenvalue weighted by Crippen LogP contribution is -2.42. The molecule has 0 aliphatic heterocycles. The largest absolute Gasteiger partial charge is 0.418 e. The Morgan fingerprint density at radius 1 is 0.967 bits per heavy atom. The molecule has 1 heterocycles. The van der Waals surface area contributed by atoms with Crippen LogP contribution in [0.1, 0.15) is 17.7 Å². The first-order valence-electron chi connectivity index (χ1n) is 9.67. The molecule has 4 unspecified atom stereocenters. The first-order chi connectivity index (χ1) is 14.3. The van der Waals surface area contributed by atoms with Crippen molar-refractivity contribution in [3.05, 3.63) is 72.1 Å². The quantitative estimate of drug-likeness (QED) is 0.730. The van der Waals surface area contributed by atoms with Crippen LogP contribution in [0.2, 0.25) is 0 Å². The van der Waals surface area contributed by atoms with Gasteiger partial charge in [-0.3, -0.25) is 14.6 Å². The average Bonchev–Trinajstić information content (AvgIpc) is 3.34. The number of amides is 2. The molecule has 0 saturated heterocycles. The number of allylic oxidation sites excluding steroid dienone is 2. The minimum Gasteiger partial charge on any atom is -0.350 e. The fourth-order valence-electron chi connectivity index (χ4n) is 4.39. The van der Waals surface area contributed by atoms with E-state index in [1.165, 1.54) is 18.2 Å². The van der Waals surface area contributed by atoms with Crippen molar-refractivity contribution in [3.63, 3.8) is 0 Å². The molecule has 30 heavy (non-hydrogen) atoms. The van der Waals surface area contributed by atoms with Crippen molar-refractivity contribution in [1.82, 2.24) is 10.3 Å². The van der Waals surface area contributed by atoms with E-state index in [9.17, 15) is 22.8 Å². The molecular weight excluding hydrogens is 395 g/mol. The number of hydrogen-bond acceptors (Lipinski definition) is 3. The van der Waals surface area contributed by atoms with Crippen LogP contribution in [0.25, 0.3) is 0 Å². The zero-order valence-corrected chi connectivity index (χ0v) is 15.9. The van der Waals surface area contributed by atoms with Crippen molar-refractivity contribution in [2.75, 3.05) is 5.32 Å². The highest BCUT2D eigenvalue weighted by Crippen LogP contribution is 2.48. The van der Waals surface area contributed by atoms with Crippen LogP contribution in [0.4, 0.5) is 18.9 Å². The van der Waals surface area contributed by atoms with E-state index in [0.29, 0.717) is 12.1 Å². The van der Waals surface area contributed by atoms with Gasteiger partial charge in [0.25, 0.3) is 0 Å². The van der Waals surface area contributed by atoms with Crippen LogP contribution in [0.15, 0.2) is 60.8 Å². The van der Waals surface area contributed by atoms with Gasteiger partial charge in [-0.2, -0.15) is 13.2 Å². The number of nitrogens with one attached hydrogen (secondary N) is 2. The molecule has 1 saturated carbocycles. The summed E-state index contributed by atoms with van der Waals surface area (Å²) in [4.78, 5) is 30.0. The molecule has 4 rings (SSSR count). The average molecular weight is 415 g/mol. The van der Waals surface area contributed by atoms with Gasteiger partial charge >= 0.3 is 6.18 Å². The van der Waals surface area contributed by atoms with Crippen LogP contribution < -0.4 is 10.6 Å². The van der Waals surface area contributed by atoms with Crippen LogP contribution in [-0.2, 0) is 22.3 Å². The van der Waals surface area contributed by atoms with E-state index < -0.39 is 29.5 Å². The summed E-state index contributed by atoms with van der Waals surface area (Å²) in [5.74, 6) is -2.47. The Kier molecular flexibility index (Phi) is 5.32. The summed E-state index contributed by atoms with van der Waals surface area (Å²) < 4.78 is 39.8. The van der Waals surface area contributed by atoms with Crippen molar-refractivity contribution in [3.8, 4) is 0 Å². The van der Waals surface area contributed by atoms with Crippen molar-refractivity contribution in [2.45, 2.75) is 19.1 Å². The molecule has 2 aromatic rings. The molecule has 2 bridgehead atoms. The van der Waals surface area contributed by atoms with Crippen LogP contribution in [0.5, 0.6) is 0 Å². The predicted octanol–water partition coefficient (Wildman–Crippen LogP) is 3.79. The Hall–Kier alpha value is -3.16. The minimum atomic E-state index is -4.59. The van der Waals surface area contributed by atoms with Gasteiger partial charge in [0.15, 0.2) is 0 Å². The highest BCUT2D eigenvalue weighted by atomic mass is 19.4. The number of para-hydroxylation sites is 1. The smallest absolute Gasteiger partial charge is 0.350 e. The van der Waals surface area contributed by atoms with Gasteiger partial charge in [0.2, 0.25) is 11.8 Å². The van der Waals surface area contributed by atoms with Gasteiger partial charge in [-0.25, -0.2) is 0 Å². The number of pyridine rings is 1. The molecule has 2 aliphatic carbocycles. The highest BCUT2D eigenvalue weighted by molar-refractivity contribution is 5.98. The van der Waals surface area contributed by atoms with E-state index in [0.717, 1.165) is 6.07 Å². The van der Waals surface area contributed by atoms with E-state index in [1.54, 1.807) is 18.3 Å². The Balaban J connectivity index is 1.50. The number of benzene rings is 1. The normalized spacial score (nSPS) is 24.6. The third kappa shape index (κ3) is 3.94. The molecule has 2 aliphatic rings.